The largest absolute Gasteiger partial charge is 0.364 e. The van der Waals surface area contributed by atoms with Gasteiger partial charge in [-0.15, -0.1) is 0 Å². The number of nitrogens with zero attached hydrogens (tertiary/aromatic N) is 3. The summed E-state index contributed by atoms with van der Waals surface area (Å²) >= 11 is 0. The Morgan fingerprint density at radius 2 is 2.46 bits per heavy atom. The van der Waals surface area contributed by atoms with Gasteiger partial charge in [-0.3, -0.25) is 5.10 Å². The summed E-state index contributed by atoms with van der Waals surface area (Å²) in [5, 5.41) is 10.6. The molecule has 0 atom stereocenters. The summed E-state index contributed by atoms with van der Waals surface area (Å²) in [6, 6.07) is 1.74. The first-order valence-electron chi connectivity index (χ1n) is 4.22. The minimum absolute atomic E-state index is 0.595. The van der Waals surface area contributed by atoms with Gasteiger partial charge in [0, 0.05) is 12.5 Å². The molecule has 1 N–H and O–H groups in total. The number of hydrogen-bond acceptors (Lipinski definition) is 4. The van der Waals surface area contributed by atoms with Gasteiger partial charge in [0.2, 0.25) is 5.82 Å². The number of H-pyrrole nitrogens is 1. The van der Waals surface area contributed by atoms with Crippen LogP contribution in [-0.4, -0.2) is 20.3 Å². The molecule has 0 radical (unpaired) electrons. The fraction of sp³-hybridized carbons (Fsp3) is 0.375. The lowest BCUT2D eigenvalue weighted by Crippen LogP contribution is -1.85. The highest BCUT2D eigenvalue weighted by Gasteiger charge is 2.07. The van der Waals surface area contributed by atoms with E-state index in [0.29, 0.717) is 11.5 Å². The van der Waals surface area contributed by atoms with Crippen molar-refractivity contribution < 1.29 is 4.52 Å². The van der Waals surface area contributed by atoms with E-state index in [0.717, 1.165) is 18.7 Å². The zero-order valence-corrected chi connectivity index (χ0v) is 7.32. The van der Waals surface area contributed by atoms with Gasteiger partial charge in [-0.2, -0.15) is 5.10 Å². The van der Waals surface area contributed by atoms with Crippen molar-refractivity contribution in [3.05, 3.63) is 18.2 Å². The molecule has 13 heavy (non-hydrogen) atoms. The molecular weight excluding hydrogens is 168 g/mol. The first-order valence-corrected chi connectivity index (χ1v) is 4.22. The predicted molar refractivity (Wildman–Crippen MR) is 45.9 cm³/mol. The quantitative estimate of drug-likeness (QED) is 0.771. The monoisotopic (exact) mass is 178 g/mol. The van der Waals surface area contributed by atoms with Crippen LogP contribution in [0.15, 0.2) is 16.9 Å². The van der Waals surface area contributed by atoms with E-state index in [1.165, 1.54) is 6.26 Å². The third-order valence-electron chi connectivity index (χ3n) is 1.69. The number of hydrogen-bond donors (Lipinski definition) is 1. The van der Waals surface area contributed by atoms with E-state index in [2.05, 4.69) is 27.3 Å². The number of aromatic amines is 1. The van der Waals surface area contributed by atoms with Crippen molar-refractivity contribution in [1.82, 2.24) is 20.3 Å². The Balaban J connectivity index is 2.23. The minimum Gasteiger partial charge on any atom is -0.364 e. The third-order valence-corrected chi connectivity index (χ3v) is 1.69. The second-order valence-electron chi connectivity index (χ2n) is 2.74. The van der Waals surface area contributed by atoms with Crippen LogP contribution in [-0.2, 0) is 6.42 Å². The van der Waals surface area contributed by atoms with Crippen LogP contribution in [0.1, 0.15) is 19.2 Å². The Morgan fingerprint density at radius 3 is 3.15 bits per heavy atom. The van der Waals surface area contributed by atoms with Crippen LogP contribution < -0.4 is 0 Å². The summed E-state index contributed by atoms with van der Waals surface area (Å²) in [6.07, 6.45) is 3.46. The van der Waals surface area contributed by atoms with Gasteiger partial charge < -0.3 is 4.52 Å². The lowest BCUT2D eigenvalue weighted by molar-refractivity contribution is 0.422. The molecule has 2 heterocycles. The molecule has 68 valence electrons. The van der Waals surface area contributed by atoms with Crippen LogP contribution in [0, 0.1) is 0 Å². The molecule has 0 saturated heterocycles. The number of nitrogens with one attached hydrogen (secondary N) is 1. The van der Waals surface area contributed by atoms with E-state index < -0.39 is 0 Å². The predicted octanol–water partition coefficient (Wildman–Crippen LogP) is 1.41. The number of rotatable bonds is 3. The molecule has 0 aromatic carbocycles. The van der Waals surface area contributed by atoms with Gasteiger partial charge in [-0.05, 0) is 6.42 Å². The fourth-order valence-corrected chi connectivity index (χ4v) is 1.09. The molecule has 0 aliphatic heterocycles. The highest BCUT2D eigenvalue weighted by molar-refractivity contribution is 5.46. The fourth-order valence-electron chi connectivity index (χ4n) is 1.09. The second kappa shape index (κ2) is 3.38. The maximum Gasteiger partial charge on any atom is 0.203 e. The zero-order valence-electron chi connectivity index (χ0n) is 7.32. The van der Waals surface area contributed by atoms with Crippen molar-refractivity contribution in [2.45, 2.75) is 19.8 Å². The van der Waals surface area contributed by atoms with Crippen molar-refractivity contribution in [3.8, 4) is 11.5 Å². The number of aromatic nitrogens is 4. The van der Waals surface area contributed by atoms with Gasteiger partial charge in [0.05, 0.1) is 0 Å². The van der Waals surface area contributed by atoms with Gasteiger partial charge in [0.15, 0.2) is 5.69 Å². The van der Waals surface area contributed by atoms with Crippen LogP contribution in [0.5, 0.6) is 0 Å². The summed E-state index contributed by atoms with van der Waals surface area (Å²) in [5.41, 5.74) is 0.665. The van der Waals surface area contributed by atoms with Gasteiger partial charge in [-0.1, -0.05) is 12.1 Å². The lowest BCUT2D eigenvalue weighted by Gasteiger charge is -1.85. The summed E-state index contributed by atoms with van der Waals surface area (Å²) in [7, 11) is 0. The van der Waals surface area contributed by atoms with E-state index in [-0.39, 0.29) is 0 Å². The average molecular weight is 178 g/mol. The number of aryl methyl sites for hydroxylation is 1. The van der Waals surface area contributed by atoms with Crippen molar-refractivity contribution in [2.75, 3.05) is 0 Å². The van der Waals surface area contributed by atoms with Crippen LogP contribution >= 0.6 is 0 Å². The van der Waals surface area contributed by atoms with Crippen LogP contribution in [0.25, 0.3) is 11.5 Å². The summed E-state index contributed by atoms with van der Waals surface area (Å²) in [6.45, 7) is 2.10. The second-order valence-corrected chi connectivity index (χ2v) is 2.74. The maximum absolute atomic E-state index is 4.69. The van der Waals surface area contributed by atoms with Crippen LogP contribution in [0.4, 0.5) is 0 Å². The molecule has 0 aliphatic carbocycles. The lowest BCUT2D eigenvalue weighted by atomic mass is 10.3. The van der Waals surface area contributed by atoms with Crippen LogP contribution in [0.2, 0.25) is 0 Å². The normalized spacial score (nSPS) is 10.5. The summed E-state index contributed by atoms with van der Waals surface area (Å²) in [4.78, 5) is 4.25. The minimum atomic E-state index is 0.595. The highest BCUT2D eigenvalue weighted by atomic mass is 16.5. The van der Waals surface area contributed by atoms with E-state index in [4.69, 9.17) is 4.52 Å². The van der Waals surface area contributed by atoms with E-state index in [1.54, 1.807) is 6.07 Å². The van der Waals surface area contributed by atoms with Crippen molar-refractivity contribution in [3.63, 3.8) is 0 Å². The summed E-state index contributed by atoms with van der Waals surface area (Å²) in [5.74, 6) is 1.48. The SMILES string of the molecule is CCCc1nc(-c2ccon2)n[nH]1. The van der Waals surface area contributed by atoms with E-state index in [9.17, 15) is 0 Å². The molecule has 5 heteroatoms. The van der Waals surface area contributed by atoms with Crippen molar-refractivity contribution in [1.29, 1.82) is 0 Å². The van der Waals surface area contributed by atoms with Gasteiger partial charge in [0.1, 0.15) is 12.1 Å². The summed E-state index contributed by atoms with van der Waals surface area (Å²) < 4.78 is 4.69. The molecule has 0 bridgehead atoms. The molecule has 2 aromatic heterocycles. The molecule has 2 rings (SSSR count). The molecule has 0 fully saturated rings. The first kappa shape index (κ1) is 7.97. The Morgan fingerprint density at radius 1 is 1.54 bits per heavy atom. The Labute approximate surface area is 75.2 Å². The van der Waals surface area contributed by atoms with Crippen molar-refractivity contribution in [2.24, 2.45) is 0 Å². The molecular formula is C8H10N4O. The van der Waals surface area contributed by atoms with Gasteiger partial charge in [0.25, 0.3) is 0 Å². The highest BCUT2D eigenvalue weighted by Crippen LogP contribution is 2.10. The van der Waals surface area contributed by atoms with Crippen LogP contribution in [0.3, 0.4) is 0 Å². The topological polar surface area (TPSA) is 67.6 Å². The Bertz CT molecular complexity index is 365. The van der Waals surface area contributed by atoms with E-state index >= 15 is 0 Å². The maximum atomic E-state index is 4.69. The zero-order chi connectivity index (χ0) is 9.10. The molecule has 0 saturated carbocycles. The molecule has 0 spiro atoms. The van der Waals surface area contributed by atoms with Gasteiger partial charge in [-0.25, -0.2) is 4.98 Å². The van der Waals surface area contributed by atoms with E-state index in [1.807, 2.05) is 0 Å². The molecule has 0 unspecified atom stereocenters. The molecule has 0 aliphatic rings. The average Bonchev–Trinajstić information content (AvgIpc) is 2.70. The standard InChI is InChI=1S/C8H10N4O/c1-2-3-7-9-8(11-10-7)6-4-5-13-12-6/h4-5H,2-3H2,1H3,(H,9,10,11). The molecule has 0 amide bonds. The Kier molecular flexibility index (Phi) is 2.08. The third kappa shape index (κ3) is 1.58. The molecule has 5 nitrogen and oxygen atoms in total. The van der Waals surface area contributed by atoms with Crippen molar-refractivity contribution >= 4 is 0 Å². The smallest absolute Gasteiger partial charge is 0.203 e. The van der Waals surface area contributed by atoms with Gasteiger partial charge >= 0.3 is 0 Å². The first-order chi connectivity index (χ1) is 6.40. The molecule has 2 aromatic rings. The Hall–Kier alpha value is -1.65.